The van der Waals surface area contributed by atoms with Crippen molar-refractivity contribution in [2.45, 2.75) is 26.5 Å². The molecular weight excluding hydrogens is 530 g/mol. The molecule has 0 bridgehead atoms. The lowest BCUT2D eigenvalue weighted by Crippen LogP contribution is -2.29. The highest BCUT2D eigenvalue weighted by Crippen LogP contribution is 2.44. The topological polar surface area (TPSA) is 111 Å². The summed E-state index contributed by atoms with van der Waals surface area (Å²) in [6.45, 7) is 4.17. The first-order valence-electron chi connectivity index (χ1n) is 12.4. The van der Waals surface area contributed by atoms with E-state index >= 15 is 0 Å². The number of amides is 1. The second kappa shape index (κ2) is 11.2. The van der Waals surface area contributed by atoms with Gasteiger partial charge in [-0.25, -0.2) is 0 Å². The molecule has 40 heavy (non-hydrogen) atoms. The summed E-state index contributed by atoms with van der Waals surface area (Å²) in [7, 11) is 3.01. The van der Waals surface area contributed by atoms with Crippen LogP contribution in [0.25, 0.3) is 5.76 Å². The summed E-state index contributed by atoms with van der Waals surface area (Å²) in [6.07, 6.45) is 0. The van der Waals surface area contributed by atoms with Crippen molar-refractivity contribution >= 4 is 33.9 Å². The summed E-state index contributed by atoms with van der Waals surface area (Å²) in [5, 5.41) is 20.4. The standard InChI is InChI=1S/C30H27N3O6S/c1-17-7-5-6-8-21(17)16-39-22-12-9-19(10-13-22)27(34)25-26(20-11-14-23(37-3)24(15-20)38-4)33(29(36)28(25)35)30-32-31-18(2)40-30/h5-15,26,34H,16H2,1-4H3/t26-/m1/s1. The van der Waals surface area contributed by atoms with Crippen LogP contribution in [0.5, 0.6) is 17.2 Å². The van der Waals surface area contributed by atoms with Crippen molar-refractivity contribution < 1.29 is 28.9 Å². The van der Waals surface area contributed by atoms with E-state index in [9.17, 15) is 14.7 Å². The number of aliphatic hydroxyl groups excluding tert-OH is 1. The van der Waals surface area contributed by atoms with Crippen molar-refractivity contribution in [3.63, 3.8) is 0 Å². The summed E-state index contributed by atoms with van der Waals surface area (Å²) in [5.74, 6) is -0.459. The van der Waals surface area contributed by atoms with Crippen molar-refractivity contribution in [2.75, 3.05) is 19.1 Å². The molecule has 1 aliphatic rings. The molecule has 1 fully saturated rings. The average Bonchev–Trinajstić information content (AvgIpc) is 3.51. The number of rotatable bonds is 8. The molecule has 1 atom stereocenters. The van der Waals surface area contributed by atoms with Gasteiger partial charge in [0.25, 0.3) is 5.78 Å². The number of aromatic nitrogens is 2. The second-order valence-electron chi connectivity index (χ2n) is 9.13. The van der Waals surface area contributed by atoms with Gasteiger partial charge in [0.15, 0.2) is 11.5 Å². The number of anilines is 1. The fourth-order valence-corrected chi connectivity index (χ4v) is 5.26. The van der Waals surface area contributed by atoms with Crippen molar-refractivity contribution in [3.05, 3.63) is 99.6 Å². The molecule has 10 heteroatoms. The third-order valence-electron chi connectivity index (χ3n) is 6.67. The molecule has 0 aliphatic carbocycles. The molecule has 0 saturated carbocycles. The zero-order chi connectivity index (χ0) is 28.4. The Morgan fingerprint density at radius 3 is 2.33 bits per heavy atom. The molecule has 204 valence electrons. The van der Waals surface area contributed by atoms with Crippen molar-refractivity contribution in [3.8, 4) is 17.2 Å². The Balaban J connectivity index is 1.54. The third-order valence-corrected chi connectivity index (χ3v) is 7.51. The Morgan fingerprint density at radius 1 is 0.950 bits per heavy atom. The minimum Gasteiger partial charge on any atom is -0.507 e. The number of Topliss-reactive ketones (excluding diaryl/α,β-unsaturated/α-hetero) is 1. The molecule has 0 spiro atoms. The van der Waals surface area contributed by atoms with Crippen LogP contribution in [0.3, 0.4) is 0 Å². The lowest BCUT2D eigenvalue weighted by Gasteiger charge is -2.23. The quantitative estimate of drug-likeness (QED) is 0.175. The van der Waals surface area contributed by atoms with Gasteiger partial charge >= 0.3 is 5.91 Å². The van der Waals surface area contributed by atoms with Crippen LogP contribution in [0.2, 0.25) is 0 Å². The fraction of sp³-hybridized carbons (Fsp3) is 0.200. The first-order chi connectivity index (χ1) is 19.3. The van der Waals surface area contributed by atoms with E-state index in [2.05, 4.69) is 10.2 Å². The van der Waals surface area contributed by atoms with Crippen LogP contribution in [-0.2, 0) is 16.2 Å². The molecule has 9 nitrogen and oxygen atoms in total. The fourth-order valence-electron chi connectivity index (χ4n) is 4.55. The smallest absolute Gasteiger partial charge is 0.301 e. The van der Waals surface area contributed by atoms with E-state index in [1.165, 1.54) is 30.5 Å². The lowest BCUT2D eigenvalue weighted by atomic mass is 9.95. The molecular formula is C30H27N3O6S. The van der Waals surface area contributed by atoms with Gasteiger partial charge in [0.05, 0.1) is 25.8 Å². The first kappa shape index (κ1) is 26.9. The van der Waals surface area contributed by atoms with Gasteiger partial charge in [-0.2, -0.15) is 0 Å². The SMILES string of the molecule is COc1ccc([C@@H]2C(=C(O)c3ccc(OCc4ccccc4C)cc3)C(=O)C(=O)N2c2nnc(C)s2)cc1OC. The highest BCUT2D eigenvalue weighted by Gasteiger charge is 2.48. The van der Waals surface area contributed by atoms with Crippen LogP contribution in [-0.4, -0.2) is 41.2 Å². The lowest BCUT2D eigenvalue weighted by molar-refractivity contribution is -0.132. The van der Waals surface area contributed by atoms with Gasteiger partial charge in [0.1, 0.15) is 23.1 Å². The molecule has 1 aliphatic heterocycles. The maximum Gasteiger partial charge on any atom is 0.301 e. The highest BCUT2D eigenvalue weighted by atomic mass is 32.1. The molecule has 1 aromatic heterocycles. The Labute approximate surface area is 235 Å². The summed E-state index contributed by atoms with van der Waals surface area (Å²) >= 11 is 1.18. The zero-order valence-electron chi connectivity index (χ0n) is 22.4. The van der Waals surface area contributed by atoms with E-state index in [1.54, 1.807) is 49.4 Å². The highest BCUT2D eigenvalue weighted by molar-refractivity contribution is 7.15. The Hall–Kier alpha value is -4.70. The van der Waals surface area contributed by atoms with E-state index < -0.39 is 17.7 Å². The van der Waals surface area contributed by atoms with Gasteiger partial charge in [-0.3, -0.25) is 14.5 Å². The molecule has 1 amide bonds. The monoisotopic (exact) mass is 557 g/mol. The van der Waals surface area contributed by atoms with Crippen LogP contribution >= 0.6 is 11.3 Å². The normalized spacial score (nSPS) is 16.3. The Morgan fingerprint density at radius 2 is 1.68 bits per heavy atom. The van der Waals surface area contributed by atoms with Crippen LogP contribution in [0, 0.1) is 13.8 Å². The predicted molar refractivity (Wildman–Crippen MR) is 151 cm³/mol. The number of hydrogen-bond acceptors (Lipinski definition) is 9. The van der Waals surface area contributed by atoms with Crippen LogP contribution in [0.15, 0.2) is 72.3 Å². The number of benzene rings is 3. The van der Waals surface area contributed by atoms with Crippen LogP contribution in [0.1, 0.15) is 33.3 Å². The molecule has 0 radical (unpaired) electrons. The number of ketones is 1. The molecule has 3 aromatic carbocycles. The number of carbonyl (C=O) groups excluding carboxylic acids is 2. The summed E-state index contributed by atoms with van der Waals surface area (Å²) in [5.41, 5.74) is 3.02. The summed E-state index contributed by atoms with van der Waals surface area (Å²) in [4.78, 5) is 28.0. The number of hydrogen-bond donors (Lipinski definition) is 1. The predicted octanol–water partition coefficient (Wildman–Crippen LogP) is 5.38. The summed E-state index contributed by atoms with van der Waals surface area (Å²) in [6, 6.07) is 18.8. The molecule has 1 saturated heterocycles. The maximum atomic E-state index is 13.4. The van der Waals surface area contributed by atoms with Crippen LogP contribution < -0.4 is 19.1 Å². The molecule has 5 rings (SSSR count). The molecule has 4 aromatic rings. The van der Waals surface area contributed by atoms with Gasteiger partial charge in [0, 0.05) is 5.56 Å². The molecule has 1 N–H and O–H groups in total. The average molecular weight is 558 g/mol. The Kier molecular flexibility index (Phi) is 7.52. The van der Waals surface area contributed by atoms with Gasteiger partial charge in [-0.15, -0.1) is 10.2 Å². The van der Waals surface area contributed by atoms with Crippen molar-refractivity contribution in [1.29, 1.82) is 0 Å². The first-order valence-corrected chi connectivity index (χ1v) is 13.2. The number of methoxy groups -OCH3 is 2. The number of ether oxygens (including phenoxy) is 3. The van der Waals surface area contributed by atoms with Gasteiger partial charge in [-0.05, 0) is 66.9 Å². The van der Waals surface area contributed by atoms with Crippen molar-refractivity contribution in [1.82, 2.24) is 10.2 Å². The largest absolute Gasteiger partial charge is 0.507 e. The van der Waals surface area contributed by atoms with E-state index in [4.69, 9.17) is 14.2 Å². The number of aryl methyl sites for hydroxylation is 2. The number of carbonyl (C=O) groups is 2. The van der Waals surface area contributed by atoms with E-state index in [0.717, 1.165) is 11.1 Å². The third kappa shape index (κ3) is 5.01. The molecule has 0 unspecified atom stereocenters. The van der Waals surface area contributed by atoms with Gasteiger partial charge in [-0.1, -0.05) is 41.7 Å². The molecule has 2 heterocycles. The minimum absolute atomic E-state index is 0.0707. The van der Waals surface area contributed by atoms with E-state index in [-0.39, 0.29) is 16.5 Å². The second-order valence-corrected chi connectivity index (χ2v) is 10.3. The van der Waals surface area contributed by atoms with E-state index in [1.807, 2.05) is 31.2 Å². The number of nitrogens with zero attached hydrogens (tertiary/aromatic N) is 3. The number of aliphatic hydroxyl groups is 1. The maximum absolute atomic E-state index is 13.4. The van der Waals surface area contributed by atoms with Gasteiger partial charge < -0.3 is 19.3 Å². The zero-order valence-corrected chi connectivity index (χ0v) is 23.2. The summed E-state index contributed by atoms with van der Waals surface area (Å²) < 4.78 is 16.7. The minimum atomic E-state index is -0.968. The Bertz CT molecular complexity index is 1610. The van der Waals surface area contributed by atoms with Crippen molar-refractivity contribution in [2.24, 2.45) is 0 Å². The van der Waals surface area contributed by atoms with E-state index in [0.29, 0.717) is 40.0 Å². The van der Waals surface area contributed by atoms with Crippen LogP contribution in [0.4, 0.5) is 5.13 Å². The van der Waals surface area contributed by atoms with Gasteiger partial charge in [0.2, 0.25) is 5.13 Å².